The number of hydrogen-bond donors (Lipinski definition) is 4. The summed E-state index contributed by atoms with van der Waals surface area (Å²) in [5, 5.41) is 20.7. The molecule has 3 rings (SSSR count). The van der Waals surface area contributed by atoms with Crippen LogP contribution in [0.1, 0.15) is 51.7 Å². The van der Waals surface area contributed by atoms with Gasteiger partial charge in [-0.05, 0) is 82.5 Å². The molecule has 1 fully saturated rings. The van der Waals surface area contributed by atoms with Crippen LogP contribution in [-0.4, -0.2) is 55.1 Å². The molecule has 38 heavy (non-hydrogen) atoms. The first-order valence-corrected chi connectivity index (χ1v) is 12.6. The molecule has 2 aromatic rings. The predicted molar refractivity (Wildman–Crippen MR) is 147 cm³/mol. The number of rotatable bonds is 8. The second-order valence-corrected chi connectivity index (χ2v) is 10.4. The minimum Gasteiger partial charge on any atom is -0.444 e. The van der Waals surface area contributed by atoms with Crippen molar-refractivity contribution in [3.8, 4) is 6.07 Å². The van der Waals surface area contributed by atoms with Crippen molar-refractivity contribution >= 4 is 35.0 Å². The van der Waals surface area contributed by atoms with E-state index in [0.29, 0.717) is 41.3 Å². The average molecular weight is 521 g/mol. The van der Waals surface area contributed by atoms with Gasteiger partial charge < -0.3 is 30.9 Å². The Hall–Kier alpha value is -4.26. The Kier molecular flexibility index (Phi) is 8.84. The minimum atomic E-state index is -1.42. The lowest BCUT2D eigenvalue weighted by atomic mass is 9.89. The van der Waals surface area contributed by atoms with E-state index in [0.717, 1.165) is 12.8 Å². The maximum Gasteiger partial charge on any atom is 0.408 e. The molecule has 202 valence electrons. The molecule has 4 N–H and O–H groups in total. The second kappa shape index (κ2) is 11.9. The number of alkyl carbamates (subject to hydrolysis) is 1. The van der Waals surface area contributed by atoms with Gasteiger partial charge in [0, 0.05) is 25.8 Å². The van der Waals surface area contributed by atoms with Crippen molar-refractivity contribution in [2.75, 3.05) is 42.6 Å². The molecule has 0 bridgehead atoms. The van der Waals surface area contributed by atoms with E-state index in [-0.39, 0.29) is 18.4 Å². The van der Waals surface area contributed by atoms with Crippen LogP contribution >= 0.6 is 0 Å². The van der Waals surface area contributed by atoms with Gasteiger partial charge in [-0.15, -0.1) is 0 Å². The van der Waals surface area contributed by atoms with Gasteiger partial charge in [-0.25, -0.2) is 4.79 Å². The molecule has 1 unspecified atom stereocenters. The Bertz CT molecular complexity index is 1210. The number of anilines is 3. The van der Waals surface area contributed by atoms with Crippen molar-refractivity contribution in [3.05, 3.63) is 53.6 Å². The topological polar surface area (TPSA) is 136 Å². The molecule has 10 nitrogen and oxygen atoms in total. The van der Waals surface area contributed by atoms with E-state index in [1.165, 1.54) is 0 Å². The standard InChI is InChI=1S/C28H36N6O4/c1-27(2,3)38-26(37)33-28(4,25(36)34-14-6-7-15-34)20-10-13-22(30-5)23(16-20)32-24(35)18-31-21-11-8-19(17-29)9-12-21/h8-13,16,30-31H,6-7,14-15,18H2,1-5H3,(H,32,35)(H,33,37). The third-order valence-corrected chi connectivity index (χ3v) is 6.18. The fraction of sp³-hybridized carbons (Fsp3) is 0.429. The molecular weight excluding hydrogens is 484 g/mol. The van der Waals surface area contributed by atoms with E-state index >= 15 is 0 Å². The molecule has 1 saturated heterocycles. The van der Waals surface area contributed by atoms with Crippen LogP contribution in [0.15, 0.2) is 42.5 Å². The van der Waals surface area contributed by atoms with Crippen molar-refractivity contribution in [3.63, 3.8) is 0 Å². The summed E-state index contributed by atoms with van der Waals surface area (Å²) in [4.78, 5) is 41.0. The van der Waals surface area contributed by atoms with Crippen molar-refractivity contribution in [2.24, 2.45) is 0 Å². The van der Waals surface area contributed by atoms with Crippen LogP contribution in [0, 0.1) is 11.3 Å². The summed E-state index contributed by atoms with van der Waals surface area (Å²) < 4.78 is 5.47. The van der Waals surface area contributed by atoms with Gasteiger partial charge in [-0.1, -0.05) is 6.07 Å². The third-order valence-electron chi connectivity index (χ3n) is 6.18. The van der Waals surface area contributed by atoms with Crippen molar-refractivity contribution in [1.82, 2.24) is 10.2 Å². The number of carbonyl (C=O) groups is 3. The summed E-state index contributed by atoms with van der Waals surface area (Å²) >= 11 is 0. The molecule has 1 heterocycles. The number of nitrogens with zero attached hydrogens (tertiary/aromatic N) is 2. The fourth-order valence-electron chi connectivity index (χ4n) is 4.21. The summed E-state index contributed by atoms with van der Waals surface area (Å²) in [6.07, 6.45) is 1.10. The Morgan fingerprint density at radius 1 is 1.00 bits per heavy atom. The molecule has 0 aliphatic carbocycles. The van der Waals surface area contributed by atoms with E-state index in [2.05, 4.69) is 27.3 Å². The van der Waals surface area contributed by atoms with Gasteiger partial charge in [0.15, 0.2) is 0 Å². The van der Waals surface area contributed by atoms with Gasteiger partial charge >= 0.3 is 6.09 Å². The molecule has 3 amide bonds. The van der Waals surface area contributed by atoms with E-state index in [1.807, 2.05) is 0 Å². The Morgan fingerprint density at radius 2 is 1.66 bits per heavy atom. The van der Waals surface area contributed by atoms with Crippen LogP contribution in [0.2, 0.25) is 0 Å². The molecule has 1 atom stereocenters. The molecule has 0 spiro atoms. The summed E-state index contributed by atoms with van der Waals surface area (Å²) in [5.74, 6) is -0.548. The molecule has 10 heteroatoms. The third kappa shape index (κ3) is 7.16. The van der Waals surface area contributed by atoms with Crippen LogP contribution in [-0.2, 0) is 19.9 Å². The van der Waals surface area contributed by atoms with Gasteiger partial charge in [-0.2, -0.15) is 5.26 Å². The zero-order valence-corrected chi connectivity index (χ0v) is 22.6. The molecule has 0 aromatic heterocycles. The lowest BCUT2D eigenvalue weighted by molar-refractivity contribution is -0.137. The van der Waals surface area contributed by atoms with Crippen molar-refractivity contribution in [2.45, 2.75) is 51.7 Å². The van der Waals surface area contributed by atoms with Crippen LogP contribution in [0.4, 0.5) is 21.9 Å². The van der Waals surface area contributed by atoms with E-state index in [1.54, 1.807) is 82.1 Å². The molecule has 0 saturated carbocycles. The normalized spacial score (nSPS) is 14.6. The molecule has 2 aromatic carbocycles. The van der Waals surface area contributed by atoms with Gasteiger partial charge in [0.1, 0.15) is 11.1 Å². The second-order valence-electron chi connectivity index (χ2n) is 10.4. The Morgan fingerprint density at radius 3 is 2.24 bits per heavy atom. The highest BCUT2D eigenvalue weighted by molar-refractivity contribution is 5.98. The summed E-state index contributed by atoms with van der Waals surface area (Å²) in [7, 11) is 1.73. The Labute approximate surface area is 223 Å². The average Bonchev–Trinajstić information content (AvgIpc) is 3.41. The number of nitrogens with one attached hydrogen (secondary N) is 4. The first-order valence-electron chi connectivity index (χ1n) is 12.6. The molecular formula is C28H36N6O4. The van der Waals surface area contributed by atoms with Crippen LogP contribution in [0.5, 0.6) is 0 Å². The number of benzene rings is 2. The highest BCUT2D eigenvalue weighted by Gasteiger charge is 2.42. The number of nitriles is 1. The van der Waals surface area contributed by atoms with Crippen molar-refractivity contribution in [1.29, 1.82) is 5.26 Å². The van der Waals surface area contributed by atoms with E-state index in [9.17, 15) is 14.4 Å². The van der Waals surface area contributed by atoms with Crippen molar-refractivity contribution < 1.29 is 19.1 Å². The van der Waals surface area contributed by atoms with E-state index in [4.69, 9.17) is 10.00 Å². The largest absolute Gasteiger partial charge is 0.444 e. The number of amides is 3. The highest BCUT2D eigenvalue weighted by Crippen LogP contribution is 2.32. The molecule has 1 aliphatic heterocycles. The highest BCUT2D eigenvalue weighted by atomic mass is 16.6. The summed E-state index contributed by atoms with van der Waals surface area (Å²) in [6, 6.07) is 14.0. The van der Waals surface area contributed by atoms with Crippen LogP contribution in [0.25, 0.3) is 0 Å². The van der Waals surface area contributed by atoms with Crippen LogP contribution < -0.4 is 21.3 Å². The van der Waals surface area contributed by atoms with Gasteiger partial charge in [-0.3, -0.25) is 9.59 Å². The SMILES string of the molecule is CNc1ccc(C(C)(NC(=O)OC(C)(C)C)C(=O)N2CCCC2)cc1NC(=O)CNc1ccc(C#N)cc1. The number of carbonyl (C=O) groups excluding carboxylic acids is 3. The smallest absolute Gasteiger partial charge is 0.408 e. The summed E-state index contributed by atoms with van der Waals surface area (Å²) in [6.45, 7) is 8.14. The summed E-state index contributed by atoms with van der Waals surface area (Å²) in [5.41, 5.74) is 0.693. The van der Waals surface area contributed by atoms with Gasteiger partial charge in [0.25, 0.3) is 5.91 Å². The number of hydrogen-bond acceptors (Lipinski definition) is 7. The maximum absolute atomic E-state index is 13.7. The first-order chi connectivity index (χ1) is 17.9. The lowest BCUT2D eigenvalue weighted by Crippen LogP contribution is -2.55. The first kappa shape index (κ1) is 28.3. The monoisotopic (exact) mass is 520 g/mol. The maximum atomic E-state index is 13.7. The zero-order chi connectivity index (χ0) is 27.9. The fourth-order valence-corrected chi connectivity index (χ4v) is 4.21. The molecule has 0 radical (unpaired) electrons. The molecule has 1 aliphatic rings. The predicted octanol–water partition coefficient (Wildman–Crippen LogP) is 4.01. The lowest BCUT2D eigenvalue weighted by Gasteiger charge is -2.35. The quantitative estimate of drug-likeness (QED) is 0.413. The van der Waals surface area contributed by atoms with E-state index < -0.39 is 17.2 Å². The van der Waals surface area contributed by atoms with Gasteiger partial charge in [0.05, 0.1) is 29.6 Å². The zero-order valence-electron chi connectivity index (χ0n) is 22.6. The number of ether oxygens (including phenoxy) is 1. The Balaban J connectivity index is 1.85. The minimum absolute atomic E-state index is 0.0145. The van der Waals surface area contributed by atoms with Gasteiger partial charge in [0.2, 0.25) is 5.91 Å². The number of likely N-dealkylation sites (tertiary alicyclic amines) is 1. The van der Waals surface area contributed by atoms with Crippen LogP contribution in [0.3, 0.4) is 0 Å².